The van der Waals surface area contributed by atoms with Gasteiger partial charge in [-0.3, -0.25) is 0 Å². The summed E-state index contributed by atoms with van der Waals surface area (Å²) in [6.45, 7) is 0.272. The van der Waals surface area contributed by atoms with Crippen molar-refractivity contribution in [3.63, 3.8) is 0 Å². The second-order valence-electron chi connectivity index (χ2n) is 5.04. The van der Waals surface area contributed by atoms with Crippen LogP contribution in [0.15, 0.2) is 58.3 Å². The number of alkyl halides is 2. The molecule has 6 nitrogen and oxygen atoms in total. The molecule has 0 saturated heterocycles. The highest BCUT2D eigenvalue weighted by Gasteiger charge is 2.26. The molecular weight excluding hydrogens is 374 g/mol. The molecule has 0 radical (unpaired) electrons. The van der Waals surface area contributed by atoms with Crippen LogP contribution in [0.5, 0.6) is 0 Å². The average molecular weight is 390 g/mol. The van der Waals surface area contributed by atoms with E-state index in [1.165, 1.54) is 31.3 Å². The predicted molar refractivity (Wildman–Crippen MR) is 89.6 cm³/mol. The maximum atomic E-state index is 12.5. The Labute approximate surface area is 144 Å². The van der Waals surface area contributed by atoms with Gasteiger partial charge in [0.2, 0.25) is 19.9 Å². The van der Waals surface area contributed by atoms with Gasteiger partial charge < -0.3 is 5.32 Å². The third kappa shape index (κ3) is 4.53. The van der Waals surface area contributed by atoms with E-state index < -0.39 is 30.5 Å². The van der Waals surface area contributed by atoms with Crippen LogP contribution in [0.3, 0.4) is 0 Å². The number of hydrogen-bond donors (Lipinski definition) is 2. The Kier molecular flexibility index (Phi) is 5.76. The number of nitrogens with one attached hydrogen (secondary N) is 2. The zero-order valence-corrected chi connectivity index (χ0v) is 14.7. The van der Waals surface area contributed by atoms with Gasteiger partial charge in [-0.2, -0.15) is 8.78 Å². The van der Waals surface area contributed by atoms with E-state index in [1.54, 1.807) is 12.1 Å². The summed E-state index contributed by atoms with van der Waals surface area (Å²) in [4.78, 5) is -0.345. The molecule has 0 bridgehead atoms. The van der Waals surface area contributed by atoms with Gasteiger partial charge >= 0.3 is 5.76 Å². The molecule has 0 fully saturated rings. The zero-order chi connectivity index (χ0) is 18.7. The van der Waals surface area contributed by atoms with Crippen molar-refractivity contribution >= 4 is 25.5 Å². The van der Waals surface area contributed by atoms with Gasteiger partial charge in [0.05, 0.1) is 9.79 Å². The lowest BCUT2D eigenvalue weighted by Gasteiger charge is -2.09. The molecule has 0 unspecified atom stereocenters. The van der Waals surface area contributed by atoms with Crippen molar-refractivity contribution in [1.29, 1.82) is 0 Å². The quantitative estimate of drug-likeness (QED) is 0.756. The summed E-state index contributed by atoms with van der Waals surface area (Å²) in [6, 6.07) is 11.2. The molecule has 0 aliphatic heterocycles. The number of anilines is 1. The third-order valence-electron chi connectivity index (χ3n) is 3.39. The minimum absolute atomic E-state index is 0.118. The van der Waals surface area contributed by atoms with Gasteiger partial charge in [0, 0.05) is 12.2 Å². The molecule has 0 aliphatic rings. The normalized spacial score (nSPS) is 12.3. The molecule has 25 heavy (non-hydrogen) atoms. The first-order valence-electron chi connectivity index (χ1n) is 7.05. The highest BCUT2D eigenvalue weighted by Crippen LogP contribution is 2.21. The summed E-state index contributed by atoms with van der Waals surface area (Å²) in [5.74, 6) is -3.47. The Bertz CT molecular complexity index is 944. The molecule has 0 heterocycles. The van der Waals surface area contributed by atoms with Crippen LogP contribution in [0.4, 0.5) is 14.5 Å². The van der Waals surface area contributed by atoms with E-state index in [-0.39, 0.29) is 11.4 Å². The summed E-state index contributed by atoms with van der Waals surface area (Å²) in [5.41, 5.74) is 1.19. The zero-order valence-electron chi connectivity index (χ0n) is 13.1. The molecule has 2 N–H and O–H groups in total. The van der Waals surface area contributed by atoms with Crippen LogP contribution in [0.25, 0.3) is 0 Å². The van der Waals surface area contributed by atoms with Crippen LogP contribution < -0.4 is 10.0 Å². The number of halogens is 2. The van der Waals surface area contributed by atoms with Crippen LogP contribution in [-0.4, -0.2) is 29.6 Å². The van der Waals surface area contributed by atoms with Crippen LogP contribution in [0.1, 0.15) is 5.56 Å². The molecule has 10 heteroatoms. The second kappa shape index (κ2) is 7.46. The van der Waals surface area contributed by atoms with E-state index in [9.17, 15) is 25.6 Å². The van der Waals surface area contributed by atoms with E-state index in [0.29, 0.717) is 11.3 Å². The number of rotatable bonds is 7. The maximum Gasteiger partial charge on any atom is 0.341 e. The van der Waals surface area contributed by atoms with Gasteiger partial charge in [-0.25, -0.2) is 21.6 Å². The molecule has 0 aromatic heterocycles. The smallest absolute Gasteiger partial charge is 0.341 e. The Balaban J connectivity index is 2.11. The fourth-order valence-corrected chi connectivity index (χ4v) is 3.53. The van der Waals surface area contributed by atoms with Crippen molar-refractivity contribution < 1.29 is 25.6 Å². The fraction of sp³-hybridized carbons (Fsp3) is 0.200. The van der Waals surface area contributed by atoms with Gasteiger partial charge in [0.25, 0.3) is 0 Å². The van der Waals surface area contributed by atoms with Gasteiger partial charge in [0.1, 0.15) is 0 Å². The minimum atomic E-state index is -4.62. The molecule has 136 valence electrons. The van der Waals surface area contributed by atoms with Crippen molar-refractivity contribution in [2.75, 3.05) is 12.4 Å². The van der Waals surface area contributed by atoms with Crippen LogP contribution in [-0.2, 0) is 26.4 Å². The number of sulfone groups is 1. The predicted octanol–water partition coefficient (Wildman–Crippen LogP) is 2.20. The molecule has 0 amide bonds. The van der Waals surface area contributed by atoms with Crippen molar-refractivity contribution in [2.45, 2.75) is 22.1 Å². The number of hydrogen-bond acceptors (Lipinski definition) is 5. The minimum Gasteiger partial charge on any atom is -0.381 e. The highest BCUT2D eigenvalue weighted by molar-refractivity contribution is 7.91. The Morgan fingerprint density at radius 1 is 0.960 bits per heavy atom. The summed E-state index contributed by atoms with van der Waals surface area (Å²) < 4.78 is 73.4. The van der Waals surface area contributed by atoms with Crippen LogP contribution in [0.2, 0.25) is 0 Å². The van der Waals surface area contributed by atoms with Crippen LogP contribution >= 0.6 is 0 Å². The second-order valence-corrected chi connectivity index (χ2v) is 8.84. The van der Waals surface area contributed by atoms with Gasteiger partial charge in [0.15, 0.2) is 0 Å². The van der Waals surface area contributed by atoms with E-state index in [1.807, 2.05) is 0 Å². The molecule has 2 rings (SSSR count). The lowest BCUT2D eigenvalue weighted by Crippen LogP contribution is -2.18. The van der Waals surface area contributed by atoms with Crippen molar-refractivity contribution in [3.05, 3.63) is 54.1 Å². The third-order valence-corrected chi connectivity index (χ3v) is 6.20. The van der Waals surface area contributed by atoms with Crippen molar-refractivity contribution in [2.24, 2.45) is 0 Å². The van der Waals surface area contributed by atoms with Crippen LogP contribution in [0, 0.1) is 0 Å². The average Bonchev–Trinajstić information content (AvgIpc) is 2.60. The summed E-state index contributed by atoms with van der Waals surface area (Å²) >= 11 is 0. The molecule has 2 aromatic carbocycles. The Morgan fingerprint density at radius 2 is 1.60 bits per heavy atom. The molecule has 2 aromatic rings. The molecule has 0 aliphatic carbocycles. The highest BCUT2D eigenvalue weighted by atomic mass is 32.2. The maximum absolute atomic E-state index is 12.5. The van der Waals surface area contributed by atoms with Crippen molar-refractivity contribution in [3.8, 4) is 0 Å². The van der Waals surface area contributed by atoms with E-state index in [2.05, 4.69) is 10.0 Å². The summed E-state index contributed by atoms with van der Waals surface area (Å²) in [5, 5.41) is 2.97. The summed E-state index contributed by atoms with van der Waals surface area (Å²) in [6.07, 6.45) is 0. The molecular formula is C15H16F2N2O4S2. The lowest BCUT2D eigenvalue weighted by atomic mass is 10.2. The van der Waals surface area contributed by atoms with Crippen molar-refractivity contribution in [1.82, 2.24) is 4.72 Å². The van der Waals surface area contributed by atoms with E-state index in [4.69, 9.17) is 0 Å². The first-order chi connectivity index (χ1) is 11.7. The van der Waals surface area contributed by atoms with E-state index in [0.717, 1.165) is 12.1 Å². The number of sulfonamides is 1. The number of benzene rings is 2. The lowest BCUT2D eigenvalue weighted by molar-refractivity contribution is 0.234. The Hall–Kier alpha value is -2.04. The topological polar surface area (TPSA) is 92.3 Å². The molecule has 0 spiro atoms. The van der Waals surface area contributed by atoms with Gasteiger partial charge in [-0.15, -0.1) is 0 Å². The van der Waals surface area contributed by atoms with Gasteiger partial charge in [-0.05, 0) is 49.0 Å². The summed E-state index contributed by atoms with van der Waals surface area (Å²) in [7, 11) is -6.85. The standard InChI is InChI=1S/C15H16F2N2O4S2/c1-18-25(22,23)14-4-2-3-11(9-14)10-19-12-5-7-13(8-6-12)24(20,21)15(16)17/h2-9,15,18-19H,10H2,1H3. The Morgan fingerprint density at radius 3 is 2.16 bits per heavy atom. The molecule has 0 saturated carbocycles. The monoisotopic (exact) mass is 390 g/mol. The first-order valence-corrected chi connectivity index (χ1v) is 10.1. The van der Waals surface area contributed by atoms with Gasteiger partial charge in [-0.1, -0.05) is 12.1 Å². The van der Waals surface area contributed by atoms with E-state index >= 15 is 0 Å². The largest absolute Gasteiger partial charge is 0.381 e. The fourth-order valence-electron chi connectivity index (χ4n) is 2.01. The molecule has 0 atom stereocenters. The SMILES string of the molecule is CNS(=O)(=O)c1cccc(CNc2ccc(S(=O)(=O)C(F)F)cc2)c1. The first kappa shape index (κ1) is 19.3.